The van der Waals surface area contributed by atoms with E-state index in [1.54, 1.807) is 12.1 Å². The molecule has 0 fully saturated rings. The van der Waals surface area contributed by atoms with Crippen molar-refractivity contribution in [3.8, 4) is 11.3 Å². The summed E-state index contributed by atoms with van der Waals surface area (Å²) in [4.78, 5) is 21.4. The van der Waals surface area contributed by atoms with Gasteiger partial charge in [-0.25, -0.2) is 4.79 Å². The number of carbonyl (C=O) groups is 2. The van der Waals surface area contributed by atoms with Crippen molar-refractivity contribution in [3.63, 3.8) is 0 Å². The van der Waals surface area contributed by atoms with Crippen LogP contribution in [-0.4, -0.2) is 22.5 Å². The van der Waals surface area contributed by atoms with Crippen molar-refractivity contribution in [2.45, 2.75) is 6.61 Å². The minimum absolute atomic E-state index is 0.0448. The monoisotopic (exact) mass is 246 g/mol. The quantitative estimate of drug-likeness (QED) is 0.805. The molecule has 0 atom stereocenters. The van der Waals surface area contributed by atoms with Crippen LogP contribution in [0.15, 0.2) is 34.7 Å². The van der Waals surface area contributed by atoms with Crippen LogP contribution < -0.4 is 0 Å². The van der Waals surface area contributed by atoms with Crippen LogP contribution in [0.1, 0.15) is 26.5 Å². The molecule has 2 rings (SSSR count). The lowest BCUT2D eigenvalue weighted by Gasteiger charge is -2.05. The molecule has 0 saturated carbocycles. The number of aliphatic hydroxyl groups excluding tert-OH is 1. The maximum Gasteiger partial charge on any atom is 0.336 e. The van der Waals surface area contributed by atoms with E-state index in [9.17, 15) is 9.59 Å². The molecule has 5 nitrogen and oxygen atoms in total. The Morgan fingerprint density at radius 2 is 2.06 bits per heavy atom. The summed E-state index contributed by atoms with van der Waals surface area (Å²) < 4.78 is 5.22. The predicted octanol–water partition coefficient (Wildman–Crippen LogP) is 1.95. The van der Waals surface area contributed by atoms with Gasteiger partial charge in [0, 0.05) is 5.56 Å². The van der Waals surface area contributed by atoms with E-state index >= 15 is 0 Å². The van der Waals surface area contributed by atoms with Crippen molar-refractivity contribution in [2.75, 3.05) is 0 Å². The summed E-state index contributed by atoms with van der Waals surface area (Å²) in [5.74, 6) is -0.458. The lowest BCUT2D eigenvalue weighted by Crippen LogP contribution is -2.02. The normalized spacial score (nSPS) is 10.3. The van der Waals surface area contributed by atoms with Gasteiger partial charge in [0.25, 0.3) is 0 Å². The van der Waals surface area contributed by atoms with Crippen LogP contribution in [0.4, 0.5) is 0 Å². The van der Waals surface area contributed by atoms with E-state index in [1.807, 2.05) is 0 Å². The first-order valence-electron chi connectivity index (χ1n) is 5.18. The second-order valence-corrected chi connectivity index (χ2v) is 3.66. The number of carboxylic acid groups (broad SMARTS) is 1. The molecule has 0 amide bonds. The number of hydrogen-bond acceptors (Lipinski definition) is 4. The molecule has 1 aromatic heterocycles. The number of aromatic carboxylic acids is 1. The number of benzene rings is 1. The molecule has 92 valence electrons. The number of aldehydes is 1. The van der Waals surface area contributed by atoms with Crippen LogP contribution in [0, 0.1) is 0 Å². The van der Waals surface area contributed by atoms with Gasteiger partial charge in [0.2, 0.25) is 0 Å². The minimum atomic E-state index is -1.10. The number of carboxylic acids is 1. The van der Waals surface area contributed by atoms with Crippen LogP contribution in [0.5, 0.6) is 0 Å². The average molecular weight is 246 g/mol. The van der Waals surface area contributed by atoms with Gasteiger partial charge < -0.3 is 14.6 Å². The molecule has 0 saturated heterocycles. The number of hydrogen-bond donors (Lipinski definition) is 2. The molecule has 18 heavy (non-hydrogen) atoms. The number of aliphatic hydroxyl groups is 1. The van der Waals surface area contributed by atoms with Gasteiger partial charge in [0.15, 0.2) is 12.0 Å². The molecule has 2 N–H and O–H groups in total. The van der Waals surface area contributed by atoms with E-state index in [1.165, 1.54) is 18.2 Å². The average Bonchev–Trinajstić information content (AvgIpc) is 2.86. The van der Waals surface area contributed by atoms with E-state index in [4.69, 9.17) is 14.6 Å². The Hall–Kier alpha value is -2.40. The standard InChI is InChI=1S/C13H10O5/c14-6-9-5-8(1-3-11(9)13(16)17)12-4-2-10(7-15)18-12/h1-5,7,14H,6H2,(H,16,17). The highest BCUT2D eigenvalue weighted by Crippen LogP contribution is 2.24. The third-order valence-corrected chi connectivity index (χ3v) is 2.53. The van der Waals surface area contributed by atoms with Crippen molar-refractivity contribution < 1.29 is 24.2 Å². The van der Waals surface area contributed by atoms with Crippen LogP contribution in [0.2, 0.25) is 0 Å². The Morgan fingerprint density at radius 3 is 2.61 bits per heavy atom. The molecule has 0 aliphatic heterocycles. The van der Waals surface area contributed by atoms with Crippen LogP contribution in [0.25, 0.3) is 11.3 Å². The molecular weight excluding hydrogens is 236 g/mol. The number of carbonyl (C=O) groups excluding carboxylic acids is 1. The summed E-state index contributed by atoms with van der Waals surface area (Å²) in [6.45, 7) is -0.378. The highest BCUT2D eigenvalue weighted by atomic mass is 16.4. The highest BCUT2D eigenvalue weighted by molar-refractivity contribution is 5.90. The SMILES string of the molecule is O=Cc1ccc(-c2ccc(C(=O)O)c(CO)c2)o1. The van der Waals surface area contributed by atoms with Gasteiger partial charge in [0.1, 0.15) is 5.76 Å². The molecule has 2 aromatic rings. The van der Waals surface area contributed by atoms with Gasteiger partial charge >= 0.3 is 5.97 Å². The summed E-state index contributed by atoms with van der Waals surface area (Å²) in [5.41, 5.74) is 0.949. The molecule has 1 heterocycles. The Bertz CT molecular complexity index is 597. The fourth-order valence-electron chi connectivity index (χ4n) is 1.66. The maximum atomic E-state index is 10.9. The molecule has 1 aromatic carbocycles. The molecule has 0 spiro atoms. The van der Waals surface area contributed by atoms with Crippen LogP contribution in [-0.2, 0) is 6.61 Å². The topological polar surface area (TPSA) is 87.7 Å². The maximum absolute atomic E-state index is 10.9. The van der Waals surface area contributed by atoms with E-state index in [-0.39, 0.29) is 17.9 Å². The molecule has 0 unspecified atom stereocenters. The van der Waals surface area contributed by atoms with Crippen molar-refractivity contribution in [1.29, 1.82) is 0 Å². The highest BCUT2D eigenvalue weighted by Gasteiger charge is 2.12. The molecule has 5 heteroatoms. The van der Waals surface area contributed by atoms with Crippen LogP contribution >= 0.6 is 0 Å². The zero-order chi connectivity index (χ0) is 13.1. The Labute approximate surface area is 102 Å². The first-order valence-corrected chi connectivity index (χ1v) is 5.18. The largest absolute Gasteiger partial charge is 0.478 e. The molecule has 0 radical (unpaired) electrons. The predicted molar refractivity (Wildman–Crippen MR) is 62.4 cm³/mol. The summed E-state index contributed by atoms with van der Waals surface area (Å²) in [6, 6.07) is 7.62. The molecule has 0 aliphatic carbocycles. The van der Waals surface area contributed by atoms with E-state index < -0.39 is 5.97 Å². The Balaban J connectivity index is 2.46. The fraction of sp³-hybridized carbons (Fsp3) is 0.0769. The summed E-state index contributed by atoms with van der Waals surface area (Å²) in [6.07, 6.45) is 0.585. The van der Waals surface area contributed by atoms with Gasteiger partial charge in [-0.3, -0.25) is 4.79 Å². The lowest BCUT2D eigenvalue weighted by molar-refractivity contribution is 0.0693. The number of rotatable bonds is 4. The minimum Gasteiger partial charge on any atom is -0.478 e. The zero-order valence-electron chi connectivity index (χ0n) is 9.29. The van der Waals surface area contributed by atoms with Crippen molar-refractivity contribution in [1.82, 2.24) is 0 Å². The zero-order valence-corrected chi connectivity index (χ0v) is 9.29. The van der Waals surface area contributed by atoms with Crippen molar-refractivity contribution in [3.05, 3.63) is 47.2 Å². The second kappa shape index (κ2) is 4.85. The molecular formula is C13H10O5. The first kappa shape index (κ1) is 12.1. The summed E-state index contributed by atoms with van der Waals surface area (Å²) >= 11 is 0. The molecule has 0 bridgehead atoms. The fourth-order valence-corrected chi connectivity index (χ4v) is 1.66. The van der Waals surface area contributed by atoms with Gasteiger partial charge in [-0.15, -0.1) is 0 Å². The van der Waals surface area contributed by atoms with Crippen molar-refractivity contribution >= 4 is 12.3 Å². The van der Waals surface area contributed by atoms with Gasteiger partial charge in [-0.05, 0) is 29.8 Å². The Morgan fingerprint density at radius 1 is 1.28 bits per heavy atom. The number of furan rings is 1. The summed E-state index contributed by atoms with van der Waals surface area (Å²) in [5, 5.41) is 18.1. The lowest BCUT2D eigenvalue weighted by atomic mass is 10.0. The summed E-state index contributed by atoms with van der Waals surface area (Å²) in [7, 11) is 0. The van der Waals surface area contributed by atoms with Gasteiger partial charge in [-0.2, -0.15) is 0 Å². The van der Waals surface area contributed by atoms with Gasteiger partial charge in [-0.1, -0.05) is 6.07 Å². The third kappa shape index (κ3) is 2.16. The molecule has 0 aliphatic rings. The second-order valence-electron chi connectivity index (χ2n) is 3.66. The van der Waals surface area contributed by atoms with E-state index in [2.05, 4.69) is 0 Å². The Kier molecular flexibility index (Phi) is 3.25. The smallest absolute Gasteiger partial charge is 0.336 e. The van der Waals surface area contributed by atoms with E-state index in [0.29, 0.717) is 23.2 Å². The van der Waals surface area contributed by atoms with Crippen molar-refractivity contribution in [2.24, 2.45) is 0 Å². The van der Waals surface area contributed by atoms with Crippen LogP contribution in [0.3, 0.4) is 0 Å². The third-order valence-electron chi connectivity index (χ3n) is 2.53. The first-order chi connectivity index (χ1) is 8.65. The van der Waals surface area contributed by atoms with E-state index in [0.717, 1.165) is 0 Å². The van der Waals surface area contributed by atoms with Gasteiger partial charge in [0.05, 0.1) is 12.2 Å².